The quantitative estimate of drug-likeness (QED) is 0.308. The van der Waals surface area contributed by atoms with Gasteiger partial charge in [0.05, 0.1) is 28.3 Å². The van der Waals surface area contributed by atoms with E-state index < -0.39 is 5.82 Å². The lowest BCUT2D eigenvalue weighted by molar-refractivity contribution is -0.117. The lowest BCUT2D eigenvalue weighted by Crippen LogP contribution is -2.13. The molecule has 7 rings (SSSR count). The summed E-state index contributed by atoms with van der Waals surface area (Å²) < 4.78 is 16.0. The van der Waals surface area contributed by atoms with Gasteiger partial charge in [-0.2, -0.15) is 5.10 Å². The predicted octanol–water partition coefficient (Wildman–Crippen LogP) is 5.11. The number of pyridine rings is 3. The number of hydrogen-bond donors (Lipinski definition) is 3. The molecule has 1 saturated carbocycles. The first-order valence-corrected chi connectivity index (χ1v) is 11.8. The second kappa shape index (κ2) is 8.30. The van der Waals surface area contributed by atoms with Crippen molar-refractivity contribution in [2.75, 3.05) is 5.32 Å². The summed E-state index contributed by atoms with van der Waals surface area (Å²) in [6, 6.07) is 10.9. The normalized spacial score (nSPS) is 13.3. The van der Waals surface area contributed by atoms with Crippen LogP contribution in [0, 0.1) is 11.7 Å². The molecule has 1 aromatic carbocycles. The van der Waals surface area contributed by atoms with Gasteiger partial charge in [-0.15, -0.1) is 0 Å². The molecular weight excluding hydrogens is 471 g/mol. The Bertz CT molecular complexity index is 1810. The molecule has 3 N–H and O–H groups in total. The Labute approximate surface area is 209 Å². The van der Waals surface area contributed by atoms with Crippen LogP contribution in [0.2, 0.25) is 0 Å². The number of fused-ring (bicyclic) bond motifs is 2. The molecule has 5 aromatic heterocycles. The molecule has 5 heterocycles. The maximum atomic E-state index is 16.0. The molecule has 0 atom stereocenters. The van der Waals surface area contributed by atoms with Gasteiger partial charge < -0.3 is 10.3 Å². The van der Waals surface area contributed by atoms with Crippen LogP contribution in [-0.2, 0) is 4.79 Å². The highest BCUT2D eigenvalue weighted by molar-refractivity contribution is 5.98. The molecule has 0 aliphatic heterocycles. The van der Waals surface area contributed by atoms with E-state index in [-0.39, 0.29) is 11.8 Å². The number of anilines is 1. The number of carbonyl (C=O) groups is 1. The Morgan fingerprint density at radius 3 is 2.68 bits per heavy atom. The Kier molecular flexibility index (Phi) is 4.78. The minimum Gasteiger partial charge on any atom is -0.335 e. The lowest BCUT2D eigenvalue weighted by atomic mass is 10.0. The lowest BCUT2D eigenvalue weighted by Gasteiger charge is -2.08. The summed E-state index contributed by atoms with van der Waals surface area (Å²) in [5.41, 5.74) is 5.39. The van der Waals surface area contributed by atoms with E-state index in [0.29, 0.717) is 44.9 Å². The minimum absolute atomic E-state index is 0.0309. The topological polar surface area (TPSA) is 125 Å². The molecule has 1 amide bonds. The standard InChI is InChI=1S/C27H19FN8O/c28-22-18(16-11-17(13-30-12-16)32-27(37)15-1-2-15)3-4-20-21(22)24(36-35-20)26-33-23-19(7-10-31-25(23)34-26)14-5-8-29-9-6-14/h3-13,15H,1-2H2,(H,32,37)(H,35,36)(H,31,33,34). The highest BCUT2D eigenvalue weighted by atomic mass is 19.1. The number of aromatic amines is 2. The molecule has 6 aromatic rings. The molecule has 0 unspecified atom stereocenters. The van der Waals surface area contributed by atoms with Gasteiger partial charge in [-0.25, -0.2) is 14.4 Å². The Morgan fingerprint density at radius 1 is 0.973 bits per heavy atom. The molecule has 10 heteroatoms. The number of H-pyrrole nitrogens is 2. The van der Waals surface area contributed by atoms with E-state index in [1.54, 1.807) is 49.2 Å². The van der Waals surface area contributed by atoms with E-state index in [1.165, 1.54) is 0 Å². The number of amides is 1. The van der Waals surface area contributed by atoms with Gasteiger partial charge in [-0.1, -0.05) is 0 Å². The summed E-state index contributed by atoms with van der Waals surface area (Å²) in [6.07, 6.45) is 10.1. The average molecular weight is 491 g/mol. The number of imidazole rings is 1. The van der Waals surface area contributed by atoms with Gasteiger partial charge in [0.15, 0.2) is 11.5 Å². The third-order valence-corrected chi connectivity index (χ3v) is 6.54. The number of rotatable bonds is 5. The Balaban J connectivity index is 1.32. The predicted molar refractivity (Wildman–Crippen MR) is 137 cm³/mol. The van der Waals surface area contributed by atoms with Crippen molar-refractivity contribution in [3.05, 3.63) is 73.2 Å². The second-order valence-electron chi connectivity index (χ2n) is 9.03. The molecule has 0 saturated heterocycles. The largest absolute Gasteiger partial charge is 0.335 e. The smallest absolute Gasteiger partial charge is 0.227 e. The summed E-state index contributed by atoms with van der Waals surface area (Å²) in [7, 11) is 0. The number of aromatic nitrogens is 7. The number of nitrogens with zero attached hydrogens (tertiary/aromatic N) is 5. The van der Waals surface area contributed by atoms with Crippen molar-refractivity contribution in [3.8, 4) is 33.8 Å². The van der Waals surface area contributed by atoms with Gasteiger partial charge in [0.1, 0.15) is 11.5 Å². The van der Waals surface area contributed by atoms with Crippen LogP contribution in [0.15, 0.2) is 67.4 Å². The van der Waals surface area contributed by atoms with Crippen molar-refractivity contribution in [3.63, 3.8) is 0 Å². The van der Waals surface area contributed by atoms with Crippen LogP contribution in [-0.4, -0.2) is 41.0 Å². The van der Waals surface area contributed by atoms with Gasteiger partial charge in [-0.05, 0) is 54.8 Å². The van der Waals surface area contributed by atoms with Crippen molar-refractivity contribution in [2.24, 2.45) is 5.92 Å². The minimum atomic E-state index is -0.462. The third kappa shape index (κ3) is 3.70. The number of halogens is 1. The highest BCUT2D eigenvalue weighted by Gasteiger charge is 2.29. The SMILES string of the molecule is O=C(Nc1cncc(-c2ccc3[nH]nc(-c4nc5nccc(-c6ccncc6)c5[nH]4)c3c2F)c1)C1CC1. The summed E-state index contributed by atoms with van der Waals surface area (Å²) in [5, 5.41) is 10.4. The van der Waals surface area contributed by atoms with Gasteiger partial charge in [0.2, 0.25) is 5.91 Å². The van der Waals surface area contributed by atoms with Gasteiger partial charge in [0, 0.05) is 47.4 Å². The number of hydrogen-bond acceptors (Lipinski definition) is 6. The Hall–Kier alpha value is -4.99. The van der Waals surface area contributed by atoms with E-state index in [4.69, 9.17) is 0 Å². The fraction of sp³-hybridized carbons (Fsp3) is 0.111. The molecule has 9 nitrogen and oxygen atoms in total. The summed E-state index contributed by atoms with van der Waals surface area (Å²) >= 11 is 0. The molecule has 37 heavy (non-hydrogen) atoms. The first-order valence-electron chi connectivity index (χ1n) is 11.8. The molecular formula is C27H19FN8O. The van der Waals surface area contributed by atoms with Crippen molar-refractivity contribution in [2.45, 2.75) is 12.8 Å². The van der Waals surface area contributed by atoms with Gasteiger partial charge in [0.25, 0.3) is 0 Å². The van der Waals surface area contributed by atoms with Crippen LogP contribution < -0.4 is 5.32 Å². The molecule has 0 bridgehead atoms. The highest BCUT2D eigenvalue weighted by Crippen LogP contribution is 2.36. The van der Waals surface area contributed by atoms with Crippen LogP contribution in [0.25, 0.3) is 55.8 Å². The Morgan fingerprint density at radius 2 is 1.84 bits per heavy atom. The first-order chi connectivity index (χ1) is 18.2. The molecule has 180 valence electrons. The van der Waals surface area contributed by atoms with Crippen molar-refractivity contribution >= 4 is 33.7 Å². The zero-order valence-electron chi connectivity index (χ0n) is 19.4. The second-order valence-corrected chi connectivity index (χ2v) is 9.03. The van der Waals surface area contributed by atoms with E-state index >= 15 is 4.39 Å². The third-order valence-electron chi connectivity index (χ3n) is 6.54. The number of carbonyl (C=O) groups excluding carboxylic acids is 1. The maximum Gasteiger partial charge on any atom is 0.227 e. The van der Waals surface area contributed by atoms with Crippen LogP contribution in [0.5, 0.6) is 0 Å². The molecule has 1 fully saturated rings. The molecule has 1 aliphatic carbocycles. The zero-order chi connectivity index (χ0) is 24.9. The summed E-state index contributed by atoms with van der Waals surface area (Å²) in [6.45, 7) is 0. The van der Waals surface area contributed by atoms with Gasteiger partial charge in [-0.3, -0.25) is 19.9 Å². The van der Waals surface area contributed by atoms with E-state index in [9.17, 15) is 4.79 Å². The fourth-order valence-electron chi connectivity index (χ4n) is 4.51. The zero-order valence-corrected chi connectivity index (χ0v) is 19.4. The van der Waals surface area contributed by atoms with E-state index in [0.717, 1.165) is 29.5 Å². The summed E-state index contributed by atoms with van der Waals surface area (Å²) in [4.78, 5) is 32.8. The number of benzene rings is 1. The van der Waals surface area contributed by atoms with Crippen molar-refractivity contribution < 1.29 is 9.18 Å². The monoisotopic (exact) mass is 490 g/mol. The van der Waals surface area contributed by atoms with Crippen molar-refractivity contribution in [1.82, 2.24) is 35.1 Å². The maximum absolute atomic E-state index is 16.0. The van der Waals surface area contributed by atoms with Gasteiger partial charge >= 0.3 is 0 Å². The van der Waals surface area contributed by atoms with Crippen molar-refractivity contribution in [1.29, 1.82) is 0 Å². The van der Waals surface area contributed by atoms with E-state index in [2.05, 4.69) is 40.4 Å². The van der Waals surface area contributed by atoms with Crippen LogP contribution >= 0.6 is 0 Å². The van der Waals surface area contributed by atoms with Crippen LogP contribution in [0.4, 0.5) is 10.1 Å². The van der Waals surface area contributed by atoms with Crippen LogP contribution in [0.1, 0.15) is 12.8 Å². The molecule has 1 aliphatic rings. The molecule has 0 spiro atoms. The first kappa shape index (κ1) is 21.3. The van der Waals surface area contributed by atoms with E-state index in [1.807, 2.05) is 18.2 Å². The van der Waals surface area contributed by atoms with Crippen LogP contribution in [0.3, 0.4) is 0 Å². The average Bonchev–Trinajstić information content (AvgIpc) is 3.54. The number of nitrogens with one attached hydrogen (secondary N) is 3. The summed E-state index contributed by atoms with van der Waals surface area (Å²) in [5.74, 6) is -0.0365. The fourth-order valence-corrected chi connectivity index (χ4v) is 4.51. The molecule has 0 radical (unpaired) electrons.